The number of piperidine rings is 1. The SMILES string of the molecule is N#Cc1ccc(N2CC3CCCNC3C2)c(F)c1. The monoisotopic (exact) mass is 245 g/mol. The number of hydrogen-bond donors (Lipinski definition) is 1. The maximum absolute atomic E-state index is 14.0. The van der Waals surface area contributed by atoms with Crippen LogP contribution in [-0.4, -0.2) is 25.7 Å². The summed E-state index contributed by atoms with van der Waals surface area (Å²) in [5.41, 5.74) is 1.01. The van der Waals surface area contributed by atoms with Crippen LogP contribution in [0.15, 0.2) is 18.2 Å². The molecule has 2 fully saturated rings. The summed E-state index contributed by atoms with van der Waals surface area (Å²) in [7, 11) is 0. The fraction of sp³-hybridized carbons (Fsp3) is 0.500. The number of nitrogens with zero attached hydrogens (tertiary/aromatic N) is 2. The number of hydrogen-bond acceptors (Lipinski definition) is 3. The first-order chi connectivity index (χ1) is 8.78. The van der Waals surface area contributed by atoms with E-state index in [4.69, 9.17) is 5.26 Å². The van der Waals surface area contributed by atoms with E-state index < -0.39 is 0 Å². The highest BCUT2D eigenvalue weighted by Gasteiger charge is 2.35. The molecule has 0 aliphatic carbocycles. The fourth-order valence-electron chi connectivity index (χ4n) is 3.08. The van der Waals surface area contributed by atoms with Crippen molar-refractivity contribution in [2.24, 2.45) is 5.92 Å². The van der Waals surface area contributed by atoms with Gasteiger partial charge >= 0.3 is 0 Å². The van der Waals surface area contributed by atoms with E-state index in [1.54, 1.807) is 12.1 Å². The summed E-state index contributed by atoms with van der Waals surface area (Å²) >= 11 is 0. The van der Waals surface area contributed by atoms with Crippen LogP contribution in [0.3, 0.4) is 0 Å². The molecule has 0 radical (unpaired) electrons. The number of halogens is 1. The van der Waals surface area contributed by atoms with E-state index in [0.29, 0.717) is 23.2 Å². The first kappa shape index (κ1) is 11.5. The van der Waals surface area contributed by atoms with Crippen LogP contribution >= 0.6 is 0 Å². The van der Waals surface area contributed by atoms with Crippen molar-refractivity contribution >= 4 is 5.69 Å². The van der Waals surface area contributed by atoms with Crippen LogP contribution in [-0.2, 0) is 0 Å². The van der Waals surface area contributed by atoms with E-state index >= 15 is 0 Å². The van der Waals surface area contributed by atoms with Crippen LogP contribution in [0, 0.1) is 23.1 Å². The van der Waals surface area contributed by atoms with Gasteiger partial charge in [-0.05, 0) is 43.5 Å². The second-order valence-electron chi connectivity index (χ2n) is 5.15. The maximum atomic E-state index is 14.0. The average Bonchev–Trinajstić information content (AvgIpc) is 2.81. The van der Waals surface area contributed by atoms with Crippen molar-refractivity contribution in [3.8, 4) is 6.07 Å². The highest BCUT2D eigenvalue weighted by molar-refractivity contribution is 5.52. The van der Waals surface area contributed by atoms with E-state index in [1.807, 2.05) is 6.07 Å². The van der Waals surface area contributed by atoms with Gasteiger partial charge in [0.1, 0.15) is 5.82 Å². The molecule has 0 spiro atoms. The Morgan fingerprint density at radius 2 is 2.28 bits per heavy atom. The van der Waals surface area contributed by atoms with Gasteiger partial charge in [0.15, 0.2) is 0 Å². The Labute approximate surface area is 106 Å². The molecule has 1 N–H and O–H groups in total. The number of fused-ring (bicyclic) bond motifs is 1. The van der Waals surface area contributed by atoms with Gasteiger partial charge in [0, 0.05) is 19.1 Å². The predicted molar refractivity (Wildman–Crippen MR) is 67.8 cm³/mol. The van der Waals surface area contributed by atoms with E-state index in [1.165, 1.54) is 18.9 Å². The predicted octanol–water partition coefficient (Wildman–Crippen LogP) is 1.89. The Bertz CT molecular complexity index is 480. The van der Waals surface area contributed by atoms with E-state index in [0.717, 1.165) is 19.6 Å². The topological polar surface area (TPSA) is 39.1 Å². The summed E-state index contributed by atoms with van der Waals surface area (Å²) in [6, 6.07) is 7.20. The molecule has 94 valence electrons. The summed E-state index contributed by atoms with van der Waals surface area (Å²) in [4.78, 5) is 2.10. The fourth-order valence-corrected chi connectivity index (χ4v) is 3.08. The van der Waals surface area contributed by atoms with Gasteiger partial charge in [-0.15, -0.1) is 0 Å². The maximum Gasteiger partial charge on any atom is 0.147 e. The van der Waals surface area contributed by atoms with Crippen LogP contribution in [0.25, 0.3) is 0 Å². The van der Waals surface area contributed by atoms with Crippen molar-refractivity contribution in [3.63, 3.8) is 0 Å². The van der Waals surface area contributed by atoms with Gasteiger partial charge in [0.25, 0.3) is 0 Å². The van der Waals surface area contributed by atoms with Gasteiger partial charge in [-0.1, -0.05) is 0 Å². The van der Waals surface area contributed by atoms with E-state index in [9.17, 15) is 4.39 Å². The Morgan fingerprint density at radius 3 is 3.00 bits per heavy atom. The zero-order valence-electron chi connectivity index (χ0n) is 10.2. The lowest BCUT2D eigenvalue weighted by Gasteiger charge is -2.24. The molecule has 2 aliphatic heterocycles. The van der Waals surface area contributed by atoms with Crippen molar-refractivity contribution < 1.29 is 4.39 Å². The van der Waals surface area contributed by atoms with Crippen molar-refractivity contribution in [2.45, 2.75) is 18.9 Å². The second-order valence-corrected chi connectivity index (χ2v) is 5.15. The summed E-state index contributed by atoms with van der Waals surface area (Å²) in [6.45, 7) is 2.86. The van der Waals surface area contributed by atoms with Crippen LogP contribution in [0.5, 0.6) is 0 Å². The standard InChI is InChI=1S/C14H16FN3/c15-12-6-10(7-16)3-4-14(12)18-8-11-2-1-5-17-13(11)9-18/h3-4,6,11,13,17H,1-2,5,8-9H2. The Balaban J connectivity index is 1.82. The normalized spacial score (nSPS) is 26.8. The molecule has 0 amide bonds. The summed E-state index contributed by atoms with van der Waals surface area (Å²) in [6.07, 6.45) is 2.44. The molecule has 4 heteroatoms. The number of nitrogens with one attached hydrogen (secondary N) is 1. The third-order valence-electron chi connectivity index (χ3n) is 4.02. The molecule has 1 aromatic carbocycles. The molecule has 0 saturated carbocycles. The lowest BCUT2D eigenvalue weighted by molar-refractivity contribution is 0.340. The first-order valence-electron chi connectivity index (χ1n) is 6.46. The molecule has 3 nitrogen and oxygen atoms in total. The van der Waals surface area contributed by atoms with Gasteiger partial charge in [-0.3, -0.25) is 0 Å². The molecule has 3 rings (SSSR count). The molecule has 2 atom stereocenters. The number of anilines is 1. The van der Waals surface area contributed by atoms with Crippen LogP contribution in [0.4, 0.5) is 10.1 Å². The largest absolute Gasteiger partial charge is 0.367 e. The third kappa shape index (κ3) is 1.95. The molecule has 2 aliphatic rings. The number of rotatable bonds is 1. The van der Waals surface area contributed by atoms with E-state index in [2.05, 4.69) is 10.2 Å². The quantitative estimate of drug-likeness (QED) is 0.821. The Kier molecular flexibility index (Phi) is 2.92. The zero-order chi connectivity index (χ0) is 12.5. The lowest BCUT2D eigenvalue weighted by atomic mass is 9.94. The number of nitriles is 1. The van der Waals surface area contributed by atoms with Crippen molar-refractivity contribution in [1.82, 2.24) is 5.32 Å². The minimum atomic E-state index is -0.285. The van der Waals surface area contributed by atoms with Gasteiger partial charge < -0.3 is 10.2 Å². The second kappa shape index (κ2) is 4.58. The molecule has 2 unspecified atom stereocenters. The highest BCUT2D eigenvalue weighted by Crippen LogP contribution is 2.30. The molecular weight excluding hydrogens is 229 g/mol. The highest BCUT2D eigenvalue weighted by atomic mass is 19.1. The smallest absolute Gasteiger partial charge is 0.147 e. The minimum Gasteiger partial charge on any atom is -0.367 e. The Hall–Kier alpha value is -1.60. The molecule has 1 aromatic rings. The van der Waals surface area contributed by atoms with Gasteiger partial charge in [-0.25, -0.2) is 4.39 Å². The molecule has 18 heavy (non-hydrogen) atoms. The van der Waals surface area contributed by atoms with E-state index in [-0.39, 0.29) is 5.82 Å². The molecule has 0 aromatic heterocycles. The lowest BCUT2D eigenvalue weighted by Crippen LogP contribution is -2.40. The molecule has 0 bridgehead atoms. The van der Waals surface area contributed by atoms with Crippen LogP contribution in [0.2, 0.25) is 0 Å². The van der Waals surface area contributed by atoms with Crippen LogP contribution in [0.1, 0.15) is 18.4 Å². The minimum absolute atomic E-state index is 0.285. The van der Waals surface area contributed by atoms with Gasteiger partial charge in [0.2, 0.25) is 0 Å². The van der Waals surface area contributed by atoms with Gasteiger partial charge in [0.05, 0.1) is 17.3 Å². The summed E-state index contributed by atoms with van der Waals surface area (Å²) < 4.78 is 14.0. The van der Waals surface area contributed by atoms with Crippen molar-refractivity contribution in [2.75, 3.05) is 24.5 Å². The molecule has 2 heterocycles. The van der Waals surface area contributed by atoms with Crippen LogP contribution < -0.4 is 10.2 Å². The van der Waals surface area contributed by atoms with Crippen molar-refractivity contribution in [3.05, 3.63) is 29.6 Å². The third-order valence-corrected chi connectivity index (χ3v) is 4.02. The average molecular weight is 245 g/mol. The Morgan fingerprint density at radius 1 is 1.39 bits per heavy atom. The first-order valence-corrected chi connectivity index (χ1v) is 6.46. The number of benzene rings is 1. The zero-order valence-corrected chi connectivity index (χ0v) is 10.2. The molecular formula is C14H16FN3. The van der Waals surface area contributed by atoms with Gasteiger partial charge in [-0.2, -0.15) is 5.26 Å². The van der Waals surface area contributed by atoms with Crippen molar-refractivity contribution in [1.29, 1.82) is 5.26 Å². The summed E-state index contributed by atoms with van der Waals surface area (Å²) in [5.74, 6) is 0.349. The molecule has 2 saturated heterocycles. The summed E-state index contributed by atoms with van der Waals surface area (Å²) in [5, 5.41) is 12.3.